The number of hydrogen-bond acceptors (Lipinski definition) is 2. The highest BCUT2D eigenvalue weighted by Crippen LogP contribution is 2.37. The van der Waals surface area contributed by atoms with Crippen LogP contribution in [-0.4, -0.2) is 24.2 Å². The molecule has 1 fully saturated rings. The Kier molecular flexibility index (Phi) is 4.25. The van der Waals surface area contributed by atoms with Crippen LogP contribution in [0.4, 0.5) is 0 Å². The highest BCUT2D eigenvalue weighted by molar-refractivity contribution is 5.89. The standard InChI is InChI=1S/C16H23NO2/c1-12-5-6-14(11-13(12)2)16(8-4-10-18)7-3-9-17-15(16)19/h5-6,11,18H,3-4,7-10H2,1-2H3,(H,17,19). The van der Waals surface area contributed by atoms with E-state index in [1.165, 1.54) is 11.1 Å². The van der Waals surface area contributed by atoms with Crippen molar-refractivity contribution in [2.45, 2.75) is 44.9 Å². The second kappa shape index (κ2) is 5.74. The Morgan fingerprint density at radius 1 is 1.32 bits per heavy atom. The summed E-state index contributed by atoms with van der Waals surface area (Å²) < 4.78 is 0. The Balaban J connectivity index is 2.40. The molecule has 1 amide bonds. The van der Waals surface area contributed by atoms with Crippen LogP contribution in [0.15, 0.2) is 18.2 Å². The fourth-order valence-electron chi connectivity index (χ4n) is 2.95. The summed E-state index contributed by atoms with van der Waals surface area (Å²) in [5.41, 5.74) is 3.12. The van der Waals surface area contributed by atoms with Crippen molar-refractivity contribution < 1.29 is 9.90 Å². The van der Waals surface area contributed by atoms with Crippen molar-refractivity contribution in [2.75, 3.05) is 13.2 Å². The van der Waals surface area contributed by atoms with Gasteiger partial charge in [0.05, 0.1) is 5.41 Å². The molecule has 3 heteroatoms. The monoisotopic (exact) mass is 261 g/mol. The first-order chi connectivity index (χ1) is 9.10. The third kappa shape index (κ3) is 2.66. The third-order valence-corrected chi connectivity index (χ3v) is 4.32. The summed E-state index contributed by atoms with van der Waals surface area (Å²) >= 11 is 0. The number of carbonyl (C=O) groups is 1. The van der Waals surface area contributed by atoms with Crippen LogP contribution in [0.25, 0.3) is 0 Å². The number of amides is 1. The highest BCUT2D eigenvalue weighted by Gasteiger charge is 2.41. The number of benzene rings is 1. The molecule has 0 aromatic heterocycles. The number of hydrogen-bond donors (Lipinski definition) is 2. The van der Waals surface area contributed by atoms with Crippen LogP contribution in [0.5, 0.6) is 0 Å². The van der Waals surface area contributed by atoms with Gasteiger partial charge in [-0.25, -0.2) is 0 Å². The summed E-state index contributed by atoms with van der Waals surface area (Å²) in [6.45, 7) is 5.07. The topological polar surface area (TPSA) is 49.3 Å². The number of carbonyl (C=O) groups excluding carboxylic acids is 1. The van der Waals surface area contributed by atoms with Gasteiger partial charge in [0.2, 0.25) is 5.91 Å². The van der Waals surface area contributed by atoms with Gasteiger partial charge in [-0.05, 0) is 56.2 Å². The molecule has 104 valence electrons. The van der Waals surface area contributed by atoms with E-state index in [1.54, 1.807) is 0 Å². The van der Waals surface area contributed by atoms with E-state index < -0.39 is 5.41 Å². The first-order valence-corrected chi connectivity index (χ1v) is 7.07. The zero-order valence-corrected chi connectivity index (χ0v) is 11.8. The van der Waals surface area contributed by atoms with Gasteiger partial charge in [0.15, 0.2) is 0 Å². The SMILES string of the molecule is Cc1ccc(C2(CCCO)CCCNC2=O)cc1C. The Morgan fingerprint density at radius 2 is 2.11 bits per heavy atom. The first kappa shape index (κ1) is 14.1. The summed E-state index contributed by atoms with van der Waals surface area (Å²) in [4.78, 5) is 12.4. The van der Waals surface area contributed by atoms with Gasteiger partial charge in [-0.3, -0.25) is 4.79 Å². The summed E-state index contributed by atoms with van der Waals surface area (Å²) in [5.74, 6) is 0.121. The van der Waals surface area contributed by atoms with Gasteiger partial charge in [-0.2, -0.15) is 0 Å². The molecule has 3 nitrogen and oxygen atoms in total. The molecule has 1 aliphatic rings. The zero-order chi connectivity index (χ0) is 13.9. The lowest BCUT2D eigenvalue weighted by Crippen LogP contribution is -2.49. The van der Waals surface area contributed by atoms with Gasteiger partial charge in [-0.1, -0.05) is 18.2 Å². The number of aliphatic hydroxyl groups excluding tert-OH is 1. The maximum atomic E-state index is 12.4. The maximum Gasteiger partial charge on any atom is 0.230 e. The molecular formula is C16H23NO2. The van der Waals surface area contributed by atoms with Crippen LogP contribution >= 0.6 is 0 Å². The van der Waals surface area contributed by atoms with Gasteiger partial charge in [-0.15, -0.1) is 0 Å². The molecule has 1 aliphatic heterocycles. The predicted octanol–water partition coefficient (Wildman–Crippen LogP) is 2.22. The molecule has 2 N–H and O–H groups in total. The van der Waals surface area contributed by atoms with E-state index in [0.717, 1.165) is 31.4 Å². The van der Waals surface area contributed by atoms with E-state index in [0.29, 0.717) is 6.42 Å². The molecule has 1 atom stereocenters. The van der Waals surface area contributed by atoms with Crippen molar-refractivity contribution in [3.05, 3.63) is 34.9 Å². The minimum atomic E-state index is -0.445. The van der Waals surface area contributed by atoms with E-state index in [4.69, 9.17) is 5.11 Å². The van der Waals surface area contributed by atoms with Gasteiger partial charge in [0.1, 0.15) is 0 Å². The molecule has 0 radical (unpaired) electrons. The normalized spacial score (nSPS) is 23.2. The lowest BCUT2D eigenvalue weighted by molar-refractivity contribution is -0.129. The molecule has 0 saturated carbocycles. The van der Waals surface area contributed by atoms with Crippen molar-refractivity contribution in [1.29, 1.82) is 0 Å². The van der Waals surface area contributed by atoms with Crippen molar-refractivity contribution in [3.8, 4) is 0 Å². The van der Waals surface area contributed by atoms with E-state index in [-0.39, 0.29) is 12.5 Å². The van der Waals surface area contributed by atoms with E-state index in [2.05, 4.69) is 37.4 Å². The second-order valence-corrected chi connectivity index (χ2v) is 5.57. The summed E-state index contributed by atoms with van der Waals surface area (Å²) in [5, 5.41) is 12.1. The first-order valence-electron chi connectivity index (χ1n) is 7.07. The van der Waals surface area contributed by atoms with Crippen molar-refractivity contribution in [3.63, 3.8) is 0 Å². The number of aryl methyl sites for hydroxylation is 2. The number of nitrogens with one attached hydrogen (secondary N) is 1. The highest BCUT2D eigenvalue weighted by atomic mass is 16.3. The Hall–Kier alpha value is -1.35. The minimum absolute atomic E-state index is 0.121. The predicted molar refractivity (Wildman–Crippen MR) is 76.2 cm³/mol. The lowest BCUT2D eigenvalue weighted by Gasteiger charge is -2.37. The molecule has 1 aromatic rings. The van der Waals surface area contributed by atoms with Crippen LogP contribution in [0, 0.1) is 13.8 Å². The summed E-state index contributed by atoms with van der Waals surface area (Å²) in [7, 11) is 0. The molecule has 19 heavy (non-hydrogen) atoms. The quantitative estimate of drug-likeness (QED) is 0.873. The minimum Gasteiger partial charge on any atom is -0.396 e. The smallest absolute Gasteiger partial charge is 0.230 e. The number of rotatable bonds is 4. The van der Waals surface area contributed by atoms with Gasteiger partial charge in [0, 0.05) is 13.2 Å². The average Bonchev–Trinajstić information content (AvgIpc) is 2.41. The summed E-state index contributed by atoms with van der Waals surface area (Å²) in [6.07, 6.45) is 3.27. The molecule has 0 aliphatic carbocycles. The number of aliphatic hydroxyl groups is 1. The molecular weight excluding hydrogens is 238 g/mol. The van der Waals surface area contributed by atoms with E-state index in [9.17, 15) is 4.79 Å². The molecule has 1 aromatic carbocycles. The second-order valence-electron chi connectivity index (χ2n) is 5.57. The maximum absolute atomic E-state index is 12.4. The van der Waals surface area contributed by atoms with Crippen LogP contribution in [0.3, 0.4) is 0 Å². The van der Waals surface area contributed by atoms with Crippen molar-refractivity contribution >= 4 is 5.91 Å². The van der Waals surface area contributed by atoms with Crippen LogP contribution in [0.2, 0.25) is 0 Å². The molecule has 1 saturated heterocycles. The zero-order valence-electron chi connectivity index (χ0n) is 11.8. The van der Waals surface area contributed by atoms with E-state index in [1.807, 2.05) is 0 Å². The summed E-state index contributed by atoms with van der Waals surface area (Å²) in [6, 6.07) is 6.30. The molecule has 0 spiro atoms. The van der Waals surface area contributed by atoms with Gasteiger partial charge < -0.3 is 10.4 Å². The van der Waals surface area contributed by atoms with Crippen molar-refractivity contribution in [2.24, 2.45) is 0 Å². The van der Waals surface area contributed by atoms with Gasteiger partial charge >= 0.3 is 0 Å². The molecule has 1 unspecified atom stereocenters. The van der Waals surface area contributed by atoms with Crippen LogP contribution in [-0.2, 0) is 10.2 Å². The Labute approximate surface area is 115 Å². The fraction of sp³-hybridized carbons (Fsp3) is 0.562. The molecule has 2 rings (SSSR count). The fourth-order valence-corrected chi connectivity index (χ4v) is 2.95. The third-order valence-electron chi connectivity index (χ3n) is 4.32. The number of piperidine rings is 1. The van der Waals surface area contributed by atoms with Gasteiger partial charge in [0.25, 0.3) is 0 Å². The van der Waals surface area contributed by atoms with Crippen LogP contribution in [0.1, 0.15) is 42.4 Å². The largest absolute Gasteiger partial charge is 0.396 e. The average molecular weight is 261 g/mol. The van der Waals surface area contributed by atoms with E-state index >= 15 is 0 Å². The Morgan fingerprint density at radius 3 is 2.74 bits per heavy atom. The lowest BCUT2D eigenvalue weighted by atomic mass is 9.70. The molecule has 0 bridgehead atoms. The molecule has 1 heterocycles. The Bertz CT molecular complexity index is 470. The van der Waals surface area contributed by atoms with Crippen molar-refractivity contribution in [1.82, 2.24) is 5.32 Å². The van der Waals surface area contributed by atoms with Crippen LogP contribution < -0.4 is 5.32 Å².